The molecule has 0 unspecified atom stereocenters. The van der Waals surface area contributed by atoms with Gasteiger partial charge in [0.25, 0.3) is 0 Å². The van der Waals surface area contributed by atoms with Crippen molar-refractivity contribution in [1.82, 2.24) is 52.5 Å². The molecule has 1 rings (SSSR count). The number of aliphatic hydroxyl groups excluding tert-OH is 2. The second-order valence-electron chi connectivity index (χ2n) is 17.1. The number of nitrogens with two attached hydrogens (primary N) is 1. The van der Waals surface area contributed by atoms with E-state index in [0.29, 0.717) is 17.9 Å². The summed E-state index contributed by atoms with van der Waals surface area (Å²) in [4.78, 5) is 137. The van der Waals surface area contributed by atoms with Gasteiger partial charge in [-0.15, -0.1) is 0 Å². The van der Waals surface area contributed by atoms with Crippen LogP contribution in [0.4, 0.5) is 0 Å². The third-order valence-electron chi connectivity index (χ3n) is 10.2. The van der Waals surface area contributed by atoms with E-state index >= 15 is 0 Å². The van der Waals surface area contributed by atoms with Gasteiger partial charge in [0.1, 0.15) is 42.3 Å². The number of nitrogens with zero attached hydrogens (tertiary/aromatic N) is 1. The van der Waals surface area contributed by atoms with E-state index in [-0.39, 0.29) is 30.9 Å². The van der Waals surface area contributed by atoms with E-state index < -0.39 is 145 Å². The Balaban J connectivity index is 3.29. The molecule has 0 bridgehead atoms. The smallest absolute Gasteiger partial charge is 0.326 e. The van der Waals surface area contributed by atoms with E-state index in [4.69, 9.17) is 5.73 Å². The van der Waals surface area contributed by atoms with Crippen molar-refractivity contribution in [3.63, 3.8) is 0 Å². The zero-order chi connectivity index (χ0) is 52.5. The molecule has 8 amide bonds. The zero-order valence-electron chi connectivity index (χ0n) is 40.2. The fraction of sp³-hybridized carbons (Fsp3) is 0.690. The van der Waals surface area contributed by atoms with Crippen LogP contribution in [0.15, 0.2) is 12.5 Å². The van der Waals surface area contributed by atoms with Gasteiger partial charge in [-0.3, -0.25) is 43.2 Å². The summed E-state index contributed by atoms with van der Waals surface area (Å²) >= 11 is 2.78. The van der Waals surface area contributed by atoms with Crippen LogP contribution in [0.2, 0.25) is 0 Å². The lowest BCUT2D eigenvalue weighted by Gasteiger charge is -2.28. The summed E-state index contributed by atoms with van der Waals surface area (Å²) in [5.74, 6) is -9.77. The Labute approximate surface area is 409 Å². The lowest BCUT2D eigenvalue weighted by atomic mass is 10.0. The minimum absolute atomic E-state index is 0.0456. The van der Waals surface area contributed by atoms with Crippen molar-refractivity contribution in [1.29, 1.82) is 0 Å². The number of imidazole rings is 1. The molecule has 0 saturated carbocycles. The number of rotatable bonds is 33. The third kappa shape index (κ3) is 23.1. The van der Waals surface area contributed by atoms with E-state index in [1.54, 1.807) is 6.26 Å². The highest BCUT2D eigenvalue weighted by Crippen LogP contribution is 2.10. The number of aromatic nitrogens is 2. The quantitative estimate of drug-likeness (QED) is 0.0328. The first-order valence-corrected chi connectivity index (χ1v) is 25.0. The summed E-state index contributed by atoms with van der Waals surface area (Å²) in [6.07, 6.45) is 2.16. The third-order valence-corrected chi connectivity index (χ3v) is 11.5. The molecule has 27 heteroatoms. The highest BCUT2D eigenvalue weighted by atomic mass is 32.2. The van der Waals surface area contributed by atoms with Crippen LogP contribution in [0.25, 0.3) is 0 Å². The number of amides is 8. The van der Waals surface area contributed by atoms with Crippen molar-refractivity contribution in [2.45, 2.75) is 141 Å². The lowest BCUT2D eigenvalue weighted by molar-refractivity contribution is -0.144. The molecule has 15 N–H and O–H groups in total. The van der Waals surface area contributed by atoms with Gasteiger partial charge >= 0.3 is 11.9 Å². The first kappa shape index (κ1) is 61.5. The maximum Gasteiger partial charge on any atom is 0.326 e. The summed E-state index contributed by atoms with van der Waals surface area (Å²) in [6, 6.07) is -11.3. The number of hydrogen-bond acceptors (Lipinski definition) is 16. The van der Waals surface area contributed by atoms with Gasteiger partial charge in [-0.05, 0) is 75.4 Å². The number of thioether (sulfide) groups is 2. The predicted molar refractivity (Wildman–Crippen MR) is 255 cm³/mol. The maximum atomic E-state index is 13.9. The van der Waals surface area contributed by atoms with Gasteiger partial charge in [0.15, 0.2) is 0 Å². The SMILES string of the molecule is CSCC[C@H](NC(=O)[C@@H](NC(=O)[C@H](Cc1cnc[nH]1)NC(=O)[C@@H](NC(=O)CNC(=O)[C@H](CC(C)C)NC(=O)[C@@H](N)CCSC)[C@@H](C)O)[C@@H](C)O)C(=O)N[C@@H](CCC(=O)O)C(=O)N[C@H](C(=O)O)C(C)C. The number of hydrogen-bond donors (Lipinski definition) is 14. The standard InChI is InChI=1S/C42H71N11O14S2/c1-20(2)15-28(49-35(59)25(43)11-13-68-7)36(60)45-18-30(56)51-33(22(5)54)40(64)50-29(16-24-17-44-19-46-24)39(63)53-34(23(6)55)41(65)48-27(12-14-69-8)37(61)47-26(9-10-31(57)58)38(62)52-32(21(3)4)42(66)67/h17,19-23,25-29,32-34,54-55H,9-16,18,43H2,1-8H3,(H,44,46)(H,45,60)(H,47,61)(H,48,65)(H,49,59)(H,50,64)(H,51,56)(H,52,62)(H,53,63)(H,57,58)(H,66,67)/t22-,23-,25+,26+,27+,28+,29+,32+,33+,34+/m1/s1. The van der Waals surface area contributed by atoms with Crippen molar-refractivity contribution in [2.24, 2.45) is 17.6 Å². The molecule has 69 heavy (non-hydrogen) atoms. The molecule has 0 radical (unpaired) electrons. The second kappa shape index (κ2) is 31.6. The number of H-pyrrole nitrogens is 1. The van der Waals surface area contributed by atoms with Crippen molar-refractivity contribution < 1.29 is 68.4 Å². The Hall–Kier alpha value is -5.51. The van der Waals surface area contributed by atoms with Gasteiger partial charge in [-0.1, -0.05) is 27.7 Å². The number of nitrogens with one attached hydrogen (secondary N) is 9. The van der Waals surface area contributed by atoms with Crippen molar-refractivity contribution in [3.05, 3.63) is 18.2 Å². The van der Waals surface area contributed by atoms with Gasteiger partial charge in [0, 0.05) is 24.7 Å². The highest BCUT2D eigenvalue weighted by molar-refractivity contribution is 7.98. The molecule has 1 aromatic rings. The Morgan fingerprint density at radius 1 is 0.623 bits per heavy atom. The minimum Gasteiger partial charge on any atom is -0.481 e. The van der Waals surface area contributed by atoms with E-state index in [1.807, 2.05) is 20.1 Å². The molecule has 1 aromatic heterocycles. The molecule has 0 saturated heterocycles. The van der Waals surface area contributed by atoms with Crippen LogP contribution >= 0.6 is 23.5 Å². The van der Waals surface area contributed by atoms with Crippen molar-refractivity contribution in [2.75, 3.05) is 30.6 Å². The van der Waals surface area contributed by atoms with Crippen LogP contribution in [0, 0.1) is 11.8 Å². The summed E-state index contributed by atoms with van der Waals surface area (Å²) in [5, 5.41) is 59.4. The molecule has 0 aliphatic heterocycles. The monoisotopic (exact) mass is 1020 g/mol. The Morgan fingerprint density at radius 3 is 1.62 bits per heavy atom. The van der Waals surface area contributed by atoms with E-state index in [0.717, 1.165) is 6.92 Å². The van der Waals surface area contributed by atoms with Crippen LogP contribution in [0.3, 0.4) is 0 Å². The number of aromatic amines is 1. The molecule has 0 fully saturated rings. The van der Waals surface area contributed by atoms with Crippen LogP contribution in [0.5, 0.6) is 0 Å². The maximum absolute atomic E-state index is 13.9. The summed E-state index contributed by atoms with van der Waals surface area (Å²) in [6.45, 7) is 8.37. The first-order valence-electron chi connectivity index (χ1n) is 22.2. The number of carbonyl (C=O) groups excluding carboxylic acids is 8. The lowest BCUT2D eigenvalue weighted by Crippen LogP contribution is -2.62. The largest absolute Gasteiger partial charge is 0.481 e. The molecule has 0 aliphatic carbocycles. The van der Waals surface area contributed by atoms with Gasteiger partial charge in [0.05, 0.1) is 31.1 Å². The Kier molecular flexibility index (Phi) is 28.2. The van der Waals surface area contributed by atoms with Crippen molar-refractivity contribution in [3.8, 4) is 0 Å². The highest BCUT2D eigenvalue weighted by Gasteiger charge is 2.36. The molecule has 0 aromatic carbocycles. The molecule has 0 aliphatic rings. The summed E-state index contributed by atoms with van der Waals surface area (Å²) < 4.78 is 0. The molecular weight excluding hydrogens is 947 g/mol. The van der Waals surface area contributed by atoms with Crippen LogP contribution in [0.1, 0.15) is 79.3 Å². The van der Waals surface area contributed by atoms with E-state index in [1.165, 1.54) is 56.8 Å². The molecular formula is C42H71N11O14S2. The average molecular weight is 1020 g/mol. The molecule has 10 atom stereocenters. The number of carbonyl (C=O) groups is 10. The average Bonchev–Trinajstić information content (AvgIpc) is 3.79. The summed E-state index contributed by atoms with van der Waals surface area (Å²) in [7, 11) is 0. The van der Waals surface area contributed by atoms with Gasteiger partial charge in [-0.2, -0.15) is 23.5 Å². The van der Waals surface area contributed by atoms with Crippen LogP contribution < -0.4 is 48.3 Å². The number of aliphatic carboxylic acids is 2. The molecule has 1 heterocycles. The van der Waals surface area contributed by atoms with Crippen LogP contribution in [-0.2, 0) is 54.4 Å². The number of carboxylic acids is 2. The zero-order valence-corrected chi connectivity index (χ0v) is 41.8. The number of carboxylic acid groups (broad SMARTS) is 2. The molecule has 25 nitrogen and oxygen atoms in total. The first-order chi connectivity index (χ1) is 32.3. The Morgan fingerprint density at radius 2 is 1.12 bits per heavy atom. The van der Waals surface area contributed by atoms with E-state index in [2.05, 4.69) is 52.5 Å². The second-order valence-corrected chi connectivity index (χ2v) is 19.0. The van der Waals surface area contributed by atoms with Gasteiger partial charge in [0.2, 0.25) is 47.3 Å². The van der Waals surface area contributed by atoms with E-state index in [9.17, 15) is 68.4 Å². The minimum atomic E-state index is -1.79. The summed E-state index contributed by atoms with van der Waals surface area (Å²) in [5.41, 5.74) is 6.27. The fourth-order valence-corrected chi connectivity index (χ4v) is 7.33. The fourth-order valence-electron chi connectivity index (χ4n) is 6.37. The normalized spacial score (nSPS) is 15.6. The van der Waals surface area contributed by atoms with Crippen LogP contribution in [-0.4, -0.2) is 181 Å². The topological polar surface area (TPSA) is 403 Å². The van der Waals surface area contributed by atoms with Gasteiger partial charge < -0.3 is 73.7 Å². The predicted octanol–water partition coefficient (Wildman–Crippen LogP) is -3.29. The Bertz CT molecular complexity index is 1870. The van der Waals surface area contributed by atoms with Gasteiger partial charge in [-0.25, -0.2) is 9.78 Å². The van der Waals surface area contributed by atoms with Crippen molar-refractivity contribution >= 4 is 82.7 Å². The molecule has 390 valence electrons. The molecule has 0 spiro atoms. The number of aliphatic hydroxyl groups is 2.